The number of aryl methyl sites for hydroxylation is 3. The molecule has 3 heterocycles. The summed E-state index contributed by atoms with van der Waals surface area (Å²) in [7, 11) is 0. The van der Waals surface area contributed by atoms with Crippen molar-refractivity contribution in [3.05, 3.63) is 47.7 Å². The maximum Gasteiger partial charge on any atom is 0.161 e. The van der Waals surface area contributed by atoms with Crippen LogP contribution in [0.1, 0.15) is 24.0 Å². The van der Waals surface area contributed by atoms with Crippen LogP contribution in [0.25, 0.3) is 16.8 Å². The Morgan fingerprint density at radius 3 is 2.58 bits per heavy atom. The molecule has 4 heteroatoms. The first-order valence-corrected chi connectivity index (χ1v) is 6.47. The van der Waals surface area contributed by atoms with E-state index < -0.39 is 0 Å². The number of fused-ring (bicyclic) bond motifs is 1. The minimum atomic E-state index is 0.922. The third kappa shape index (κ3) is 1.89. The summed E-state index contributed by atoms with van der Waals surface area (Å²) in [5, 5.41) is 4.59. The lowest BCUT2D eigenvalue weighted by Crippen LogP contribution is -2.00. The Morgan fingerprint density at radius 2 is 1.89 bits per heavy atom. The Bertz CT molecular complexity index is 729. The van der Waals surface area contributed by atoms with Gasteiger partial charge in [-0.15, -0.1) is 0 Å². The molecule has 0 unspecified atom stereocenters. The van der Waals surface area contributed by atoms with E-state index >= 15 is 0 Å². The quantitative estimate of drug-likeness (QED) is 0.704. The topological polar surface area (TPSA) is 43.1 Å². The lowest BCUT2D eigenvalue weighted by atomic mass is 10.1. The van der Waals surface area contributed by atoms with Gasteiger partial charge < -0.3 is 0 Å². The molecule has 3 rings (SSSR count). The van der Waals surface area contributed by atoms with Crippen molar-refractivity contribution >= 4 is 5.65 Å². The normalized spacial score (nSPS) is 11.1. The first kappa shape index (κ1) is 11.8. The molecule has 0 radical (unpaired) electrons. The van der Waals surface area contributed by atoms with Crippen molar-refractivity contribution in [2.45, 2.75) is 27.2 Å². The van der Waals surface area contributed by atoms with E-state index in [1.165, 1.54) is 5.69 Å². The summed E-state index contributed by atoms with van der Waals surface area (Å²) in [5.74, 6) is 0. The highest BCUT2D eigenvalue weighted by atomic mass is 15.3. The van der Waals surface area contributed by atoms with Crippen LogP contribution in [0.3, 0.4) is 0 Å². The predicted octanol–water partition coefficient (Wildman–Crippen LogP) is 2.97. The first-order chi connectivity index (χ1) is 9.20. The lowest BCUT2D eigenvalue weighted by Gasteiger charge is -2.06. The van der Waals surface area contributed by atoms with E-state index in [4.69, 9.17) is 0 Å². The van der Waals surface area contributed by atoms with Gasteiger partial charge in [0.2, 0.25) is 0 Å². The zero-order valence-corrected chi connectivity index (χ0v) is 11.4. The molecule has 96 valence electrons. The molecule has 0 aliphatic rings. The predicted molar refractivity (Wildman–Crippen MR) is 75.1 cm³/mol. The first-order valence-electron chi connectivity index (χ1n) is 6.47. The second-order valence-corrected chi connectivity index (χ2v) is 4.67. The van der Waals surface area contributed by atoms with E-state index in [1.807, 2.05) is 30.5 Å². The van der Waals surface area contributed by atoms with Crippen LogP contribution in [-0.4, -0.2) is 19.6 Å². The molecular formula is C15H16N4. The molecular weight excluding hydrogens is 236 g/mol. The molecule has 0 atom stereocenters. The van der Waals surface area contributed by atoms with E-state index in [9.17, 15) is 0 Å². The number of aromatic nitrogens is 4. The summed E-state index contributed by atoms with van der Waals surface area (Å²) in [4.78, 5) is 8.75. The summed E-state index contributed by atoms with van der Waals surface area (Å²) in [6, 6.07) is 6.09. The van der Waals surface area contributed by atoms with Gasteiger partial charge in [-0.25, -0.2) is 9.50 Å². The van der Waals surface area contributed by atoms with Crippen molar-refractivity contribution in [1.29, 1.82) is 0 Å². The summed E-state index contributed by atoms with van der Waals surface area (Å²) < 4.78 is 1.97. The van der Waals surface area contributed by atoms with Gasteiger partial charge >= 0.3 is 0 Å². The van der Waals surface area contributed by atoms with Gasteiger partial charge in [0, 0.05) is 18.0 Å². The largest absolute Gasteiger partial charge is 0.265 e. The van der Waals surface area contributed by atoms with Crippen LogP contribution in [0.2, 0.25) is 0 Å². The lowest BCUT2D eigenvalue weighted by molar-refractivity contribution is 0.833. The van der Waals surface area contributed by atoms with E-state index in [-0.39, 0.29) is 0 Å². The highest BCUT2D eigenvalue weighted by Gasteiger charge is 2.13. The van der Waals surface area contributed by atoms with Crippen molar-refractivity contribution in [2.24, 2.45) is 0 Å². The van der Waals surface area contributed by atoms with Crippen LogP contribution < -0.4 is 0 Å². The fourth-order valence-corrected chi connectivity index (χ4v) is 2.44. The Kier molecular flexibility index (Phi) is 2.78. The standard InChI is InChI=1S/C15H16N4/c1-4-14-11(3)17-15-13(9-10(2)18-19(14)15)12-5-7-16-8-6-12/h5-9H,4H2,1-3H3. The van der Waals surface area contributed by atoms with Gasteiger partial charge in [0.05, 0.1) is 17.1 Å². The molecule has 0 spiro atoms. The van der Waals surface area contributed by atoms with Gasteiger partial charge in [0.25, 0.3) is 0 Å². The molecule has 3 aromatic heterocycles. The second-order valence-electron chi connectivity index (χ2n) is 4.67. The number of pyridine rings is 1. The molecule has 0 aromatic carbocycles. The van der Waals surface area contributed by atoms with Crippen LogP contribution >= 0.6 is 0 Å². The average Bonchev–Trinajstić information content (AvgIpc) is 2.74. The van der Waals surface area contributed by atoms with E-state index in [0.29, 0.717) is 0 Å². The zero-order valence-electron chi connectivity index (χ0n) is 11.4. The summed E-state index contributed by atoms with van der Waals surface area (Å²) in [6.07, 6.45) is 4.54. The molecule has 0 fully saturated rings. The van der Waals surface area contributed by atoms with Crippen molar-refractivity contribution in [2.75, 3.05) is 0 Å². The molecule has 0 N–H and O–H groups in total. The highest BCUT2D eigenvalue weighted by Crippen LogP contribution is 2.25. The number of rotatable bonds is 2. The number of nitrogens with zero attached hydrogens (tertiary/aromatic N) is 4. The maximum absolute atomic E-state index is 4.68. The van der Waals surface area contributed by atoms with Gasteiger partial charge in [-0.2, -0.15) is 5.10 Å². The van der Waals surface area contributed by atoms with E-state index in [0.717, 1.165) is 34.6 Å². The molecule has 0 aliphatic carbocycles. The minimum absolute atomic E-state index is 0.922. The van der Waals surface area contributed by atoms with Crippen LogP contribution in [0.15, 0.2) is 30.6 Å². The zero-order chi connectivity index (χ0) is 13.4. The molecule has 0 aliphatic heterocycles. The SMILES string of the molecule is CCc1c(C)nc2c(-c3ccncc3)cc(C)nn12. The van der Waals surface area contributed by atoms with E-state index in [2.05, 4.69) is 28.1 Å². The summed E-state index contributed by atoms with van der Waals surface area (Å²) in [5.41, 5.74) is 6.37. The molecule has 0 saturated carbocycles. The third-order valence-corrected chi connectivity index (χ3v) is 3.33. The Morgan fingerprint density at radius 1 is 1.16 bits per heavy atom. The average molecular weight is 252 g/mol. The van der Waals surface area contributed by atoms with Gasteiger partial charge in [-0.3, -0.25) is 4.98 Å². The Balaban J connectivity index is 2.37. The van der Waals surface area contributed by atoms with E-state index in [1.54, 1.807) is 12.4 Å². The molecule has 0 amide bonds. The second kappa shape index (κ2) is 4.46. The van der Waals surface area contributed by atoms with Crippen LogP contribution in [0, 0.1) is 13.8 Å². The number of hydrogen-bond acceptors (Lipinski definition) is 3. The molecule has 4 nitrogen and oxygen atoms in total. The van der Waals surface area contributed by atoms with Gasteiger partial charge in [-0.1, -0.05) is 6.92 Å². The molecule has 3 aromatic rings. The maximum atomic E-state index is 4.68. The molecule has 19 heavy (non-hydrogen) atoms. The minimum Gasteiger partial charge on any atom is -0.265 e. The van der Waals surface area contributed by atoms with Crippen molar-refractivity contribution in [1.82, 2.24) is 19.6 Å². The third-order valence-electron chi connectivity index (χ3n) is 3.33. The van der Waals surface area contributed by atoms with Crippen LogP contribution in [0.4, 0.5) is 0 Å². The number of imidazole rings is 1. The summed E-state index contributed by atoms with van der Waals surface area (Å²) in [6.45, 7) is 6.19. The highest BCUT2D eigenvalue weighted by molar-refractivity contribution is 5.77. The Hall–Kier alpha value is -2.23. The van der Waals surface area contributed by atoms with Gasteiger partial charge in [-0.05, 0) is 44.0 Å². The van der Waals surface area contributed by atoms with Gasteiger partial charge in [0.1, 0.15) is 0 Å². The monoisotopic (exact) mass is 252 g/mol. The Labute approximate surface area is 112 Å². The fraction of sp³-hybridized carbons (Fsp3) is 0.267. The number of hydrogen-bond donors (Lipinski definition) is 0. The van der Waals surface area contributed by atoms with Crippen LogP contribution in [0.5, 0.6) is 0 Å². The smallest absolute Gasteiger partial charge is 0.161 e. The fourth-order valence-electron chi connectivity index (χ4n) is 2.44. The van der Waals surface area contributed by atoms with Crippen molar-refractivity contribution in [3.8, 4) is 11.1 Å². The van der Waals surface area contributed by atoms with Crippen molar-refractivity contribution < 1.29 is 0 Å². The van der Waals surface area contributed by atoms with Crippen LogP contribution in [-0.2, 0) is 6.42 Å². The van der Waals surface area contributed by atoms with Gasteiger partial charge in [0.15, 0.2) is 5.65 Å². The van der Waals surface area contributed by atoms with Crippen molar-refractivity contribution in [3.63, 3.8) is 0 Å². The summed E-state index contributed by atoms with van der Waals surface area (Å²) >= 11 is 0. The molecule has 0 bridgehead atoms. The molecule has 0 saturated heterocycles.